The fraction of sp³-hybridized carbons (Fsp3) is 0.185. The van der Waals surface area contributed by atoms with Crippen LogP contribution in [0.1, 0.15) is 39.1 Å². The Morgan fingerprint density at radius 3 is 2.35 bits per heavy atom. The van der Waals surface area contributed by atoms with Crippen LogP contribution in [0.2, 0.25) is 0 Å². The quantitative estimate of drug-likeness (QED) is 0.233. The second-order valence-corrected chi connectivity index (χ2v) is 9.75. The minimum Gasteiger partial charge on any atom is -0.492 e. The Morgan fingerprint density at radius 2 is 1.65 bits per heavy atom. The van der Waals surface area contributed by atoms with E-state index in [1.54, 1.807) is 42.5 Å². The zero-order valence-electron chi connectivity index (χ0n) is 19.8. The van der Waals surface area contributed by atoms with E-state index in [1.807, 2.05) is 30.3 Å². The average Bonchev–Trinajstić information content (AvgIpc) is 3.75. The van der Waals surface area contributed by atoms with E-state index in [0.717, 1.165) is 18.4 Å². The number of halogens is 1. The molecule has 190 valence electrons. The van der Waals surface area contributed by atoms with Crippen molar-refractivity contribution in [3.05, 3.63) is 94.0 Å². The van der Waals surface area contributed by atoms with Gasteiger partial charge in [0.15, 0.2) is 5.11 Å². The van der Waals surface area contributed by atoms with Gasteiger partial charge in [-0.05, 0) is 73.1 Å². The monoisotopic (exact) mass is 580 g/mol. The molecule has 0 unspecified atom stereocenters. The summed E-state index contributed by atoms with van der Waals surface area (Å²) in [5.74, 6) is -0.438. The van der Waals surface area contributed by atoms with Crippen molar-refractivity contribution in [2.24, 2.45) is 5.92 Å². The Hall–Kier alpha value is -3.76. The van der Waals surface area contributed by atoms with Gasteiger partial charge in [-0.3, -0.25) is 30.6 Å². The predicted octanol–water partition coefficient (Wildman–Crippen LogP) is 4.37. The molecule has 3 aromatic rings. The Kier molecular flexibility index (Phi) is 8.86. The number of thiocarbonyl (C=S) groups is 1. The normalized spacial score (nSPS) is 12.2. The van der Waals surface area contributed by atoms with Gasteiger partial charge in [-0.2, -0.15) is 0 Å². The summed E-state index contributed by atoms with van der Waals surface area (Å²) in [5.41, 5.74) is 7.38. The molecule has 1 fully saturated rings. The summed E-state index contributed by atoms with van der Waals surface area (Å²) in [5, 5.41) is 5.28. The van der Waals surface area contributed by atoms with Gasteiger partial charge in [-0.1, -0.05) is 46.3 Å². The third-order valence-corrected chi connectivity index (χ3v) is 6.25. The first-order valence-corrected chi connectivity index (χ1v) is 12.9. The number of rotatable bonds is 8. The summed E-state index contributed by atoms with van der Waals surface area (Å²) in [4.78, 5) is 37.2. The fourth-order valence-electron chi connectivity index (χ4n) is 3.41. The first kappa shape index (κ1) is 26.3. The molecule has 0 aromatic heterocycles. The molecule has 0 aliphatic heterocycles. The molecule has 0 saturated heterocycles. The predicted molar refractivity (Wildman–Crippen MR) is 148 cm³/mol. The first-order chi connectivity index (χ1) is 17.9. The van der Waals surface area contributed by atoms with Crippen molar-refractivity contribution >= 4 is 56.7 Å². The Labute approximate surface area is 228 Å². The van der Waals surface area contributed by atoms with Crippen LogP contribution in [0.3, 0.4) is 0 Å². The maximum atomic E-state index is 12.9. The number of ether oxygens (including phenoxy) is 1. The molecule has 0 bridgehead atoms. The Balaban J connectivity index is 1.27. The highest BCUT2D eigenvalue weighted by Crippen LogP contribution is 2.30. The summed E-state index contributed by atoms with van der Waals surface area (Å²) in [7, 11) is 0. The van der Waals surface area contributed by atoms with Crippen molar-refractivity contribution in [3.63, 3.8) is 0 Å². The summed E-state index contributed by atoms with van der Waals surface area (Å²) >= 11 is 8.54. The second-order valence-electron chi connectivity index (χ2n) is 8.43. The number of hydrazine groups is 1. The van der Waals surface area contributed by atoms with Gasteiger partial charge >= 0.3 is 0 Å². The standard InChI is InChI=1S/C27H25BrN4O4S/c28-20-10-13-23(36-15-14-17-4-2-1-3-5-17)22(16-20)26(35)30-27(37)32-31-25(34)19-8-11-21(12-9-19)29-24(33)18-6-7-18/h1-5,8-13,16,18H,6-7,14-15H2,(H,29,33)(H,31,34)(H2,30,32,35,37). The number of benzene rings is 3. The molecule has 37 heavy (non-hydrogen) atoms. The van der Waals surface area contributed by atoms with Crippen LogP contribution in [0.4, 0.5) is 5.69 Å². The van der Waals surface area contributed by atoms with Gasteiger partial charge < -0.3 is 10.1 Å². The van der Waals surface area contributed by atoms with Crippen molar-refractivity contribution in [1.82, 2.24) is 16.2 Å². The smallest absolute Gasteiger partial charge is 0.269 e. The molecule has 4 rings (SSSR count). The van der Waals surface area contributed by atoms with Crippen molar-refractivity contribution in [2.45, 2.75) is 19.3 Å². The summed E-state index contributed by atoms with van der Waals surface area (Å²) < 4.78 is 6.57. The van der Waals surface area contributed by atoms with E-state index in [-0.39, 0.29) is 16.9 Å². The van der Waals surface area contributed by atoms with Gasteiger partial charge in [-0.15, -0.1) is 0 Å². The summed E-state index contributed by atoms with van der Waals surface area (Å²) in [6, 6.07) is 21.5. The van der Waals surface area contributed by atoms with Crippen LogP contribution in [0, 0.1) is 5.92 Å². The second kappa shape index (κ2) is 12.5. The van der Waals surface area contributed by atoms with Gasteiger partial charge in [0.05, 0.1) is 12.2 Å². The molecule has 8 nitrogen and oxygen atoms in total. The van der Waals surface area contributed by atoms with Crippen molar-refractivity contribution in [3.8, 4) is 5.75 Å². The van der Waals surface area contributed by atoms with Crippen LogP contribution in [-0.4, -0.2) is 29.4 Å². The number of hydrogen-bond donors (Lipinski definition) is 4. The minimum absolute atomic E-state index is 0.00449. The van der Waals surface area contributed by atoms with Gasteiger partial charge in [0.2, 0.25) is 5.91 Å². The van der Waals surface area contributed by atoms with Crippen molar-refractivity contribution in [2.75, 3.05) is 11.9 Å². The lowest BCUT2D eigenvalue weighted by molar-refractivity contribution is -0.117. The van der Waals surface area contributed by atoms with Crippen molar-refractivity contribution in [1.29, 1.82) is 0 Å². The van der Waals surface area contributed by atoms with Crippen molar-refractivity contribution < 1.29 is 19.1 Å². The van der Waals surface area contributed by atoms with E-state index in [9.17, 15) is 14.4 Å². The number of nitrogens with one attached hydrogen (secondary N) is 4. The van der Waals surface area contributed by atoms with Gasteiger partial charge in [0.1, 0.15) is 5.75 Å². The highest BCUT2D eigenvalue weighted by molar-refractivity contribution is 9.10. The Morgan fingerprint density at radius 1 is 0.919 bits per heavy atom. The van der Waals surface area contributed by atoms with Gasteiger partial charge in [-0.25, -0.2) is 0 Å². The molecule has 4 N–H and O–H groups in total. The van der Waals surface area contributed by atoms with Crippen LogP contribution in [-0.2, 0) is 11.2 Å². The third-order valence-electron chi connectivity index (χ3n) is 5.56. The van der Waals surface area contributed by atoms with Crippen LogP contribution < -0.4 is 26.2 Å². The maximum absolute atomic E-state index is 12.9. The molecule has 1 aliphatic carbocycles. The number of carbonyl (C=O) groups excluding carboxylic acids is 3. The highest BCUT2D eigenvalue weighted by atomic mass is 79.9. The highest BCUT2D eigenvalue weighted by Gasteiger charge is 2.29. The zero-order valence-corrected chi connectivity index (χ0v) is 22.2. The molecule has 0 atom stereocenters. The average molecular weight is 581 g/mol. The molecule has 0 spiro atoms. The number of amides is 3. The molecule has 0 heterocycles. The zero-order chi connectivity index (χ0) is 26.2. The van der Waals surface area contributed by atoms with E-state index < -0.39 is 11.8 Å². The molecular formula is C27H25BrN4O4S. The molecule has 3 aromatic carbocycles. The molecule has 3 amide bonds. The van der Waals surface area contributed by atoms with Crippen LogP contribution in [0.5, 0.6) is 5.75 Å². The molecule has 1 aliphatic rings. The molecule has 10 heteroatoms. The van der Waals surface area contributed by atoms with E-state index >= 15 is 0 Å². The van der Waals surface area contributed by atoms with E-state index in [0.29, 0.717) is 40.1 Å². The van der Waals surface area contributed by atoms with Crippen LogP contribution in [0.15, 0.2) is 77.3 Å². The lowest BCUT2D eigenvalue weighted by atomic mass is 10.1. The molecule has 0 radical (unpaired) electrons. The SMILES string of the molecule is O=C(NNC(=S)NC(=O)c1cc(Br)ccc1OCCc1ccccc1)c1ccc(NC(=O)C2CC2)cc1. The lowest BCUT2D eigenvalue weighted by Crippen LogP contribution is -2.48. The molecule has 1 saturated carbocycles. The van der Waals surface area contributed by atoms with Crippen LogP contribution in [0.25, 0.3) is 0 Å². The number of carbonyl (C=O) groups is 3. The fourth-order valence-corrected chi connectivity index (χ4v) is 3.92. The summed E-state index contributed by atoms with van der Waals surface area (Å²) in [6.45, 7) is 0.397. The largest absolute Gasteiger partial charge is 0.492 e. The van der Waals surface area contributed by atoms with Gasteiger partial charge in [0, 0.05) is 28.1 Å². The van der Waals surface area contributed by atoms with E-state index in [1.165, 1.54) is 0 Å². The number of hydrogen-bond acceptors (Lipinski definition) is 5. The van der Waals surface area contributed by atoms with E-state index in [2.05, 4.69) is 37.4 Å². The van der Waals surface area contributed by atoms with E-state index in [4.69, 9.17) is 17.0 Å². The lowest BCUT2D eigenvalue weighted by Gasteiger charge is -2.14. The van der Waals surface area contributed by atoms with Gasteiger partial charge in [0.25, 0.3) is 11.8 Å². The maximum Gasteiger partial charge on any atom is 0.269 e. The first-order valence-electron chi connectivity index (χ1n) is 11.7. The topological polar surface area (TPSA) is 109 Å². The molecular weight excluding hydrogens is 556 g/mol. The third kappa shape index (κ3) is 7.86. The minimum atomic E-state index is -0.487. The van der Waals surface area contributed by atoms with Crippen LogP contribution >= 0.6 is 28.1 Å². The Bertz CT molecular complexity index is 1300. The number of anilines is 1. The summed E-state index contributed by atoms with van der Waals surface area (Å²) in [6.07, 6.45) is 2.52.